The molecule has 0 aromatic heterocycles. The Bertz CT molecular complexity index is 164. The minimum Gasteiger partial charge on any atom is -0.396 e. The van der Waals surface area contributed by atoms with Gasteiger partial charge in [-0.1, -0.05) is 6.92 Å². The Morgan fingerprint density at radius 1 is 1.58 bits per heavy atom. The summed E-state index contributed by atoms with van der Waals surface area (Å²) in [5.74, 6) is -0.685. The lowest BCUT2D eigenvalue weighted by atomic mass is 9.92. The fraction of sp³-hybridized carbons (Fsp3) is 1.00. The Morgan fingerprint density at radius 3 is 2.42 bits per heavy atom. The maximum absolute atomic E-state index is 12.4. The van der Waals surface area contributed by atoms with Crippen LogP contribution in [0.5, 0.6) is 0 Å². The van der Waals surface area contributed by atoms with Gasteiger partial charge >= 0.3 is 0 Å². The highest BCUT2D eigenvalue weighted by Gasteiger charge is 2.51. The van der Waals surface area contributed by atoms with Crippen molar-refractivity contribution in [1.82, 2.24) is 0 Å². The molecule has 0 amide bonds. The molecule has 0 spiro atoms. The normalized spacial score (nSPS) is 48.2. The standard InChI is InChI=1S/C8H15FO3/c1-5-2-6(3-10)7(11)8(5,12)4-9/h5-7,10-12H,2-4H2,1H3/t5-,6-,7-,8+/m1/s1. The van der Waals surface area contributed by atoms with Crippen LogP contribution in [0.1, 0.15) is 13.3 Å². The molecule has 4 atom stereocenters. The van der Waals surface area contributed by atoms with Crippen molar-refractivity contribution in [1.29, 1.82) is 0 Å². The fourth-order valence-corrected chi connectivity index (χ4v) is 1.87. The smallest absolute Gasteiger partial charge is 0.122 e. The summed E-state index contributed by atoms with van der Waals surface area (Å²) in [5, 5.41) is 27.8. The predicted octanol–water partition coefficient (Wildman–Crippen LogP) is -0.304. The van der Waals surface area contributed by atoms with E-state index < -0.39 is 18.4 Å². The Kier molecular flexibility index (Phi) is 2.70. The quantitative estimate of drug-likeness (QED) is 0.544. The number of aliphatic hydroxyl groups excluding tert-OH is 2. The number of hydrogen-bond acceptors (Lipinski definition) is 3. The highest BCUT2D eigenvalue weighted by atomic mass is 19.1. The third-order valence-electron chi connectivity index (χ3n) is 2.92. The molecule has 0 aliphatic heterocycles. The summed E-state index contributed by atoms with van der Waals surface area (Å²) in [6.07, 6.45) is -0.666. The minimum absolute atomic E-state index is 0.201. The van der Waals surface area contributed by atoms with Crippen molar-refractivity contribution in [3.05, 3.63) is 0 Å². The fourth-order valence-electron chi connectivity index (χ4n) is 1.87. The largest absolute Gasteiger partial charge is 0.396 e. The molecule has 0 unspecified atom stereocenters. The van der Waals surface area contributed by atoms with Crippen molar-refractivity contribution in [2.24, 2.45) is 11.8 Å². The first kappa shape index (κ1) is 9.89. The topological polar surface area (TPSA) is 60.7 Å². The Morgan fingerprint density at radius 2 is 2.17 bits per heavy atom. The summed E-state index contributed by atoms with van der Waals surface area (Å²) in [7, 11) is 0. The molecule has 0 saturated heterocycles. The van der Waals surface area contributed by atoms with Crippen molar-refractivity contribution in [2.75, 3.05) is 13.3 Å². The summed E-state index contributed by atoms with van der Waals surface area (Å²) in [6, 6.07) is 0. The van der Waals surface area contributed by atoms with E-state index in [4.69, 9.17) is 5.11 Å². The van der Waals surface area contributed by atoms with Gasteiger partial charge in [-0.05, 0) is 12.3 Å². The molecule has 1 saturated carbocycles. The van der Waals surface area contributed by atoms with Gasteiger partial charge in [0.05, 0.1) is 6.10 Å². The van der Waals surface area contributed by atoms with Gasteiger partial charge in [0.1, 0.15) is 12.3 Å². The number of aliphatic hydroxyl groups is 3. The summed E-state index contributed by atoms with van der Waals surface area (Å²) in [6.45, 7) is 0.526. The maximum atomic E-state index is 12.4. The molecule has 3 nitrogen and oxygen atoms in total. The highest BCUT2D eigenvalue weighted by molar-refractivity contribution is 5.01. The summed E-state index contributed by atoms with van der Waals surface area (Å²) in [5.41, 5.74) is -1.65. The van der Waals surface area contributed by atoms with Crippen LogP contribution in [-0.2, 0) is 0 Å². The van der Waals surface area contributed by atoms with Gasteiger partial charge in [-0.15, -0.1) is 0 Å². The van der Waals surface area contributed by atoms with Crippen molar-refractivity contribution in [2.45, 2.75) is 25.0 Å². The Balaban J connectivity index is 2.76. The molecule has 4 heteroatoms. The first-order valence-electron chi connectivity index (χ1n) is 4.13. The molecule has 0 aromatic rings. The van der Waals surface area contributed by atoms with E-state index in [1.54, 1.807) is 6.92 Å². The third-order valence-corrected chi connectivity index (χ3v) is 2.92. The lowest BCUT2D eigenvalue weighted by Gasteiger charge is -2.28. The van der Waals surface area contributed by atoms with Crippen LogP contribution in [0.2, 0.25) is 0 Å². The lowest BCUT2D eigenvalue weighted by Crippen LogP contribution is -2.46. The zero-order valence-electron chi connectivity index (χ0n) is 7.07. The number of halogens is 1. The van der Waals surface area contributed by atoms with Crippen LogP contribution in [-0.4, -0.2) is 40.3 Å². The van der Waals surface area contributed by atoms with Gasteiger partial charge in [-0.3, -0.25) is 0 Å². The molecule has 1 aliphatic rings. The summed E-state index contributed by atoms with van der Waals surface area (Å²) in [4.78, 5) is 0. The molecule has 1 aliphatic carbocycles. The molecule has 0 aromatic carbocycles. The second-order valence-corrected chi connectivity index (χ2v) is 3.65. The first-order valence-corrected chi connectivity index (χ1v) is 4.13. The van der Waals surface area contributed by atoms with Crippen molar-refractivity contribution in [3.63, 3.8) is 0 Å². The molecular formula is C8H15FO3. The highest BCUT2D eigenvalue weighted by Crippen LogP contribution is 2.39. The first-order chi connectivity index (χ1) is 5.56. The van der Waals surface area contributed by atoms with E-state index in [0.29, 0.717) is 6.42 Å². The van der Waals surface area contributed by atoms with Crippen LogP contribution in [0, 0.1) is 11.8 Å². The average molecular weight is 178 g/mol. The molecule has 1 rings (SSSR count). The Hall–Kier alpha value is -0.190. The van der Waals surface area contributed by atoms with Gasteiger partial charge in [-0.25, -0.2) is 4.39 Å². The molecular weight excluding hydrogens is 163 g/mol. The summed E-state index contributed by atoms with van der Waals surface area (Å²) < 4.78 is 12.4. The third kappa shape index (κ3) is 1.24. The van der Waals surface area contributed by atoms with E-state index in [2.05, 4.69) is 0 Å². The molecule has 12 heavy (non-hydrogen) atoms. The van der Waals surface area contributed by atoms with E-state index in [0.717, 1.165) is 0 Å². The van der Waals surface area contributed by atoms with Crippen molar-refractivity contribution < 1.29 is 19.7 Å². The van der Waals surface area contributed by atoms with Gasteiger partial charge in [0.2, 0.25) is 0 Å². The SMILES string of the molecule is C[C@@H]1C[C@H](CO)[C@@H](O)[C@]1(O)CF. The number of hydrogen-bond donors (Lipinski definition) is 3. The number of rotatable bonds is 2. The Labute approximate surface area is 70.8 Å². The molecule has 72 valence electrons. The van der Waals surface area contributed by atoms with E-state index in [1.165, 1.54) is 0 Å². The van der Waals surface area contributed by atoms with E-state index in [9.17, 15) is 14.6 Å². The van der Waals surface area contributed by atoms with Gasteiger partial charge in [-0.2, -0.15) is 0 Å². The van der Waals surface area contributed by atoms with Crippen molar-refractivity contribution >= 4 is 0 Å². The molecule has 3 N–H and O–H groups in total. The van der Waals surface area contributed by atoms with Gasteiger partial charge in [0.15, 0.2) is 0 Å². The second kappa shape index (κ2) is 3.28. The molecule has 1 fully saturated rings. The van der Waals surface area contributed by atoms with Crippen LogP contribution in [0.25, 0.3) is 0 Å². The minimum atomic E-state index is -1.65. The summed E-state index contributed by atoms with van der Waals surface area (Å²) >= 11 is 0. The van der Waals surface area contributed by atoms with E-state index in [1.807, 2.05) is 0 Å². The monoisotopic (exact) mass is 178 g/mol. The molecule has 0 heterocycles. The van der Waals surface area contributed by atoms with Crippen LogP contribution < -0.4 is 0 Å². The molecule has 0 radical (unpaired) electrons. The zero-order valence-corrected chi connectivity index (χ0v) is 7.07. The average Bonchev–Trinajstić information content (AvgIpc) is 2.30. The van der Waals surface area contributed by atoms with Crippen LogP contribution >= 0.6 is 0 Å². The predicted molar refractivity (Wildman–Crippen MR) is 41.3 cm³/mol. The second-order valence-electron chi connectivity index (χ2n) is 3.65. The van der Waals surface area contributed by atoms with Crippen LogP contribution in [0.4, 0.5) is 4.39 Å². The number of alkyl halides is 1. The lowest BCUT2D eigenvalue weighted by molar-refractivity contribution is -0.103. The van der Waals surface area contributed by atoms with E-state index in [-0.39, 0.29) is 18.4 Å². The van der Waals surface area contributed by atoms with E-state index >= 15 is 0 Å². The zero-order chi connectivity index (χ0) is 9.35. The van der Waals surface area contributed by atoms with Crippen molar-refractivity contribution in [3.8, 4) is 0 Å². The molecule has 0 bridgehead atoms. The maximum Gasteiger partial charge on any atom is 0.122 e. The van der Waals surface area contributed by atoms with Gasteiger partial charge in [0, 0.05) is 12.5 Å². The van der Waals surface area contributed by atoms with Gasteiger partial charge in [0.25, 0.3) is 0 Å². The van der Waals surface area contributed by atoms with Crippen LogP contribution in [0.15, 0.2) is 0 Å². The van der Waals surface area contributed by atoms with Gasteiger partial charge < -0.3 is 15.3 Å². The van der Waals surface area contributed by atoms with Crippen LogP contribution in [0.3, 0.4) is 0 Å².